The molecule has 0 aliphatic carbocycles. The maximum Gasteiger partial charge on any atom is 0.337 e. The van der Waals surface area contributed by atoms with Crippen LogP contribution in [0.15, 0.2) is 47.4 Å². The van der Waals surface area contributed by atoms with E-state index in [9.17, 15) is 22.8 Å². The van der Waals surface area contributed by atoms with E-state index in [1.807, 2.05) is 0 Å². The Morgan fingerprint density at radius 3 is 2.52 bits per heavy atom. The fraction of sp³-hybridized carbons (Fsp3) is 0.167. The molecule has 2 aromatic carbocycles. The number of amides is 1. The van der Waals surface area contributed by atoms with Gasteiger partial charge in [-0.05, 0) is 42.5 Å². The van der Waals surface area contributed by atoms with Gasteiger partial charge in [0.05, 0.1) is 23.3 Å². The number of aliphatic carboxylic acids is 1. The van der Waals surface area contributed by atoms with E-state index in [1.54, 1.807) is 0 Å². The Hall–Kier alpha value is -3.60. The zero-order valence-electron chi connectivity index (χ0n) is 15.1. The van der Waals surface area contributed by atoms with Crippen molar-refractivity contribution in [3.05, 3.63) is 48.0 Å². The Labute approximate surface area is 165 Å². The normalized spacial score (nSPS) is 13.3. The average Bonchev–Trinajstić information content (AvgIpc) is 2.69. The predicted octanol–water partition coefficient (Wildman–Crippen LogP) is 1.08. The Balaban J connectivity index is 1.90. The highest BCUT2D eigenvalue weighted by Crippen LogP contribution is 2.34. The third-order valence-corrected chi connectivity index (χ3v) is 5.41. The second-order valence-electron chi connectivity index (χ2n) is 5.97. The van der Waals surface area contributed by atoms with E-state index in [4.69, 9.17) is 9.84 Å². The van der Waals surface area contributed by atoms with Crippen LogP contribution in [-0.2, 0) is 24.3 Å². The minimum atomic E-state index is -4.06. The molecular formula is C18H16N2O8S. The van der Waals surface area contributed by atoms with Crippen molar-refractivity contribution < 1.29 is 37.4 Å². The quantitative estimate of drug-likeness (QED) is 0.662. The van der Waals surface area contributed by atoms with Crippen LogP contribution in [0.4, 0.5) is 11.4 Å². The van der Waals surface area contributed by atoms with Gasteiger partial charge in [-0.3, -0.25) is 19.2 Å². The van der Waals surface area contributed by atoms with Crippen molar-refractivity contribution in [1.29, 1.82) is 0 Å². The van der Waals surface area contributed by atoms with Crippen LogP contribution in [0, 0.1) is 0 Å². The Bertz CT molecular complexity index is 1080. The highest BCUT2D eigenvalue weighted by atomic mass is 32.2. The van der Waals surface area contributed by atoms with Gasteiger partial charge in [0, 0.05) is 5.69 Å². The first-order valence-corrected chi connectivity index (χ1v) is 9.70. The highest BCUT2D eigenvalue weighted by molar-refractivity contribution is 7.92. The summed E-state index contributed by atoms with van der Waals surface area (Å²) < 4.78 is 37.6. The van der Waals surface area contributed by atoms with Gasteiger partial charge in [0.1, 0.15) is 12.3 Å². The number of hydrogen-bond acceptors (Lipinski definition) is 7. The summed E-state index contributed by atoms with van der Waals surface area (Å²) in [7, 11) is -2.83. The monoisotopic (exact) mass is 420 g/mol. The lowest BCUT2D eigenvalue weighted by atomic mass is 10.2. The van der Waals surface area contributed by atoms with Gasteiger partial charge in [0.15, 0.2) is 6.61 Å². The smallest absolute Gasteiger partial charge is 0.337 e. The van der Waals surface area contributed by atoms with Gasteiger partial charge in [-0.1, -0.05) is 0 Å². The molecule has 29 heavy (non-hydrogen) atoms. The number of sulfonamides is 1. The molecule has 0 saturated carbocycles. The van der Waals surface area contributed by atoms with Crippen LogP contribution in [-0.4, -0.2) is 51.6 Å². The molecule has 0 bridgehead atoms. The maximum absolute atomic E-state index is 12.7. The summed E-state index contributed by atoms with van der Waals surface area (Å²) in [6.07, 6.45) is 0. The first kappa shape index (κ1) is 20.1. The van der Waals surface area contributed by atoms with Crippen LogP contribution in [0.1, 0.15) is 10.4 Å². The maximum atomic E-state index is 12.7. The highest BCUT2D eigenvalue weighted by Gasteiger charge is 2.29. The number of rotatable bonds is 6. The summed E-state index contributed by atoms with van der Waals surface area (Å²) in [5, 5.41) is 9.01. The number of carboxylic acids is 1. The molecule has 10 nitrogen and oxygen atoms in total. The molecule has 1 aliphatic rings. The number of carbonyl (C=O) groups excluding carboxylic acids is 2. The van der Waals surface area contributed by atoms with Crippen molar-refractivity contribution in [2.45, 2.75) is 4.90 Å². The lowest BCUT2D eigenvalue weighted by molar-refractivity contribution is -0.137. The van der Waals surface area contributed by atoms with E-state index < -0.39 is 34.4 Å². The topological polar surface area (TPSA) is 139 Å². The van der Waals surface area contributed by atoms with Gasteiger partial charge in [-0.25, -0.2) is 13.2 Å². The number of fused-ring (bicyclic) bond motifs is 1. The van der Waals surface area contributed by atoms with Gasteiger partial charge in [-0.15, -0.1) is 0 Å². The minimum Gasteiger partial charge on any atom is -0.482 e. The minimum absolute atomic E-state index is 0.0487. The Morgan fingerprint density at radius 2 is 1.90 bits per heavy atom. The number of ether oxygens (including phenoxy) is 2. The fourth-order valence-electron chi connectivity index (χ4n) is 2.66. The molecule has 1 aliphatic heterocycles. The number of nitrogens with one attached hydrogen (secondary N) is 1. The van der Waals surface area contributed by atoms with Gasteiger partial charge in [0.2, 0.25) is 0 Å². The summed E-state index contributed by atoms with van der Waals surface area (Å²) in [5.41, 5.74) is 0.502. The predicted molar refractivity (Wildman–Crippen MR) is 101 cm³/mol. The lowest BCUT2D eigenvalue weighted by Crippen LogP contribution is -2.42. The van der Waals surface area contributed by atoms with E-state index >= 15 is 0 Å². The molecule has 0 aromatic heterocycles. The third kappa shape index (κ3) is 4.29. The average molecular weight is 420 g/mol. The first-order valence-electron chi connectivity index (χ1n) is 8.21. The largest absolute Gasteiger partial charge is 0.482 e. The zero-order chi connectivity index (χ0) is 21.2. The van der Waals surface area contributed by atoms with E-state index in [2.05, 4.69) is 9.46 Å². The fourth-order valence-corrected chi connectivity index (χ4v) is 3.74. The number of nitrogens with zero attached hydrogens (tertiary/aromatic N) is 1. The molecule has 0 spiro atoms. The third-order valence-electron chi connectivity index (χ3n) is 4.04. The molecule has 0 saturated heterocycles. The van der Waals surface area contributed by atoms with Gasteiger partial charge >= 0.3 is 11.9 Å². The van der Waals surface area contributed by atoms with Gasteiger partial charge in [0.25, 0.3) is 15.9 Å². The van der Waals surface area contributed by atoms with Crippen LogP contribution < -0.4 is 14.4 Å². The van der Waals surface area contributed by atoms with E-state index in [0.717, 1.165) is 4.90 Å². The first-order chi connectivity index (χ1) is 13.7. The number of anilines is 2. The summed E-state index contributed by atoms with van der Waals surface area (Å²) in [6.45, 7) is -0.960. The van der Waals surface area contributed by atoms with Crippen molar-refractivity contribution in [1.82, 2.24) is 0 Å². The van der Waals surface area contributed by atoms with E-state index in [0.29, 0.717) is 0 Å². The van der Waals surface area contributed by atoms with E-state index in [-0.39, 0.29) is 34.2 Å². The van der Waals surface area contributed by atoms with Gasteiger partial charge < -0.3 is 14.6 Å². The summed E-state index contributed by atoms with van der Waals surface area (Å²) >= 11 is 0. The van der Waals surface area contributed by atoms with E-state index in [1.165, 1.54) is 49.6 Å². The molecule has 1 heterocycles. The molecule has 0 fully saturated rings. The van der Waals surface area contributed by atoms with Crippen molar-refractivity contribution >= 4 is 39.2 Å². The standard InChI is InChI=1S/C18H16N2O8S/c1-27-18(24)11-2-4-12(5-3-11)19-29(25,26)13-6-7-15-14(8-13)20(9-17(22)23)16(21)10-28-15/h2-8,19H,9-10H2,1H3,(H,22,23). The Kier molecular flexibility index (Phi) is 5.41. The number of methoxy groups -OCH3 is 1. The molecule has 3 rings (SSSR count). The SMILES string of the molecule is COC(=O)c1ccc(NS(=O)(=O)c2ccc3c(c2)N(CC(=O)O)C(=O)CO3)cc1. The number of carboxylic acid groups (broad SMARTS) is 1. The van der Waals surface area contributed by atoms with Crippen LogP contribution in [0.25, 0.3) is 0 Å². The number of benzene rings is 2. The number of esters is 1. The summed E-state index contributed by atoms with van der Waals surface area (Å²) in [5.74, 6) is -2.20. The van der Waals surface area contributed by atoms with Crippen LogP contribution >= 0.6 is 0 Å². The molecule has 2 aromatic rings. The molecular weight excluding hydrogens is 404 g/mol. The second kappa shape index (κ2) is 7.80. The molecule has 0 atom stereocenters. The van der Waals surface area contributed by atoms with Crippen molar-refractivity contribution in [3.63, 3.8) is 0 Å². The molecule has 1 amide bonds. The molecule has 2 N–H and O–H groups in total. The zero-order valence-corrected chi connectivity index (χ0v) is 15.9. The van der Waals surface area contributed by atoms with Crippen molar-refractivity contribution in [3.8, 4) is 5.75 Å². The van der Waals surface area contributed by atoms with Crippen LogP contribution in [0.2, 0.25) is 0 Å². The second-order valence-corrected chi connectivity index (χ2v) is 7.65. The Morgan fingerprint density at radius 1 is 1.21 bits per heavy atom. The van der Waals surface area contributed by atoms with Crippen molar-refractivity contribution in [2.24, 2.45) is 0 Å². The summed E-state index contributed by atoms with van der Waals surface area (Å²) in [6, 6.07) is 9.39. The van der Waals surface area contributed by atoms with Crippen molar-refractivity contribution in [2.75, 3.05) is 29.9 Å². The molecule has 0 unspecified atom stereocenters. The van der Waals surface area contributed by atoms with Crippen LogP contribution in [0.3, 0.4) is 0 Å². The summed E-state index contributed by atoms with van der Waals surface area (Å²) in [4.78, 5) is 35.2. The molecule has 152 valence electrons. The number of carbonyl (C=O) groups is 3. The molecule has 0 radical (unpaired) electrons. The van der Waals surface area contributed by atoms with Gasteiger partial charge in [-0.2, -0.15) is 0 Å². The van der Waals surface area contributed by atoms with Crippen LogP contribution in [0.5, 0.6) is 5.75 Å². The lowest BCUT2D eigenvalue weighted by Gasteiger charge is -2.28. The number of hydrogen-bond donors (Lipinski definition) is 2. The molecule has 11 heteroatoms.